The van der Waals surface area contributed by atoms with Gasteiger partial charge in [-0.1, -0.05) is 24.3 Å². The molecular formula is C13H11FN2O. The van der Waals surface area contributed by atoms with Gasteiger partial charge < -0.3 is 0 Å². The average Bonchev–Trinajstić information content (AvgIpc) is 2.37. The summed E-state index contributed by atoms with van der Waals surface area (Å²) < 4.78 is 13.0. The Bertz CT molecular complexity index is 502. The molecule has 0 heterocycles. The number of para-hydroxylation sites is 1. The Labute approximate surface area is 98.5 Å². The van der Waals surface area contributed by atoms with Gasteiger partial charge >= 0.3 is 0 Å². The number of halogens is 1. The summed E-state index contributed by atoms with van der Waals surface area (Å²) in [5.41, 5.74) is 4.07. The standard InChI is InChI=1S/C13H11FN2O/c14-11-5-4-8-13(9-11)16(10-17)15-12-6-2-1-3-7-12/h1-10,15H. The van der Waals surface area contributed by atoms with Gasteiger partial charge in [-0.3, -0.25) is 10.2 Å². The maximum absolute atomic E-state index is 13.0. The third-order valence-corrected chi connectivity index (χ3v) is 2.22. The predicted octanol–water partition coefficient (Wildman–Crippen LogP) is 2.82. The number of carbonyl (C=O) groups is 1. The minimum absolute atomic E-state index is 0.385. The Hall–Kier alpha value is -2.36. The number of carbonyl (C=O) groups excluding carboxylic acids is 1. The van der Waals surface area contributed by atoms with Crippen LogP contribution in [0.5, 0.6) is 0 Å². The number of anilines is 2. The van der Waals surface area contributed by atoms with E-state index < -0.39 is 0 Å². The van der Waals surface area contributed by atoms with Crippen LogP contribution in [0.15, 0.2) is 54.6 Å². The maximum Gasteiger partial charge on any atom is 0.232 e. The second-order valence-electron chi connectivity index (χ2n) is 3.43. The molecule has 4 heteroatoms. The minimum Gasteiger partial charge on any atom is -0.292 e. The molecule has 0 spiro atoms. The molecule has 0 saturated carbocycles. The highest BCUT2D eigenvalue weighted by atomic mass is 19.1. The number of nitrogens with one attached hydrogen (secondary N) is 1. The first-order valence-corrected chi connectivity index (χ1v) is 5.11. The van der Waals surface area contributed by atoms with E-state index in [0.29, 0.717) is 12.1 Å². The number of hydrazine groups is 1. The lowest BCUT2D eigenvalue weighted by molar-refractivity contribution is -0.107. The van der Waals surface area contributed by atoms with E-state index in [9.17, 15) is 9.18 Å². The molecule has 0 fully saturated rings. The van der Waals surface area contributed by atoms with Gasteiger partial charge in [0.1, 0.15) is 5.82 Å². The van der Waals surface area contributed by atoms with E-state index in [0.717, 1.165) is 5.69 Å². The van der Waals surface area contributed by atoms with Gasteiger partial charge in [-0.2, -0.15) is 0 Å². The lowest BCUT2D eigenvalue weighted by Gasteiger charge is -2.19. The molecule has 1 N–H and O–H groups in total. The van der Waals surface area contributed by atoms with Gasteiger partial charge in [0.05, 0.1) is 11.4 Å². The molecule has 2 rings (SSSR count). The molecular weight excluding hydrogens is 219 g/mol. The molecule has 2 aromatic carbocycles. The number of hydrogen-bond acceptors (Lipinski definition) is 2. The Morgan fingerprint density at radius 1 is 1.06 bits per heavy atom. The zero-order valence-corrected chi connectivity index (χ0v) is 9.01. The van der Waals surface area contributed by atoms with Gasteiger partial charge in [-0.25, -0.2) is 9.40 Å². The molecule has 0 radical (unpaired) electrons. The first-order valence-electron chi connectivity index (χ1n) is 5.11. The van der Waals surface area contributed by atoms with Crippen LogP contribution in [-0.4, -0.2) is 6.41 Å². The number of rotatable bonds is 4. The van der Waals surface area contributed by atoms with Gasteiger partial charge in [0, 0.05) is 0 Å². The van der Waals surface area contributed by atoms with Crippen LogP contribution in [0.4, 0.5) is 15.8 Å². The number of hydrogen-bond donors (Lipinski definition) is 1. The van der Waals surface area contributed by atoms with Crippen molar-refractivity contribution in [3.63, 3.8) is 0 Å². The molecule has 0 aliphatic carbocycles. The lowest BCUT2D eigenvalue weighted by atomic mass is 10.3. The monoisotopic (exact) mass is 230 g/mol. The van der Waals surface area contributed by atoms with Crippen molar-refractivity contribution in [1.29, 1.82) is 0 Å². The van der Waals surface area contributed by atoms with Gasteiger partial charge in [0.25, 0.3) is 0 Å². The van der Waals surface area contributed by atoms with Crippen LogP contribution in [0.1, 0.15) is 0 Å². The van der Waals surface area contributed by atoms with E-state index in [1.54, 1.807) is 12.1 Å². The third kappa shape index (κ3) is 2.81. The highest BCUT2D eigenvalue weighted by molar-refractivity contribution is 5.78. The first-order chi connectivity index (χ1) is 8.29. The molecule has 0 unspecified atom stereocenters. The first kappa shape index (κ1) is 11.1. The Kier molecular flexibility index (Phi) is 3.35. The Balaban J connectivity index is 2.20. The summed E-state index contributed by atoms with van der Waals surface area (Å²) in [5.74, 6) is -0.385. The Morgan fingerprint density at radius 2 is 1.82 bits per heavy atom. The smallest absolute Gasteiger partial charge is 0.232 e. The molecule has 0 bridgehead atoms. The van der Waals surface area contributed by atoms with Crippen molar-refractivity contribution in [2.45, 2.75) is 0 Å². The summed E-state index contributed by atoms with van der Waals surface area (Å²) >= 11 is 0. The van der Waals surface area contributed by atoms with Crippen molar-refractivity contribution in [2.24, 2.45) is 0 Å². The number of benzene rings is 2. The fourth-order valence-electron chi connectivity index (χ4n) is 1.43. The normalized spacial score (nSPS) is 9.71. The lowest BCUT2D eigenvalue weighted by Crippen LogP contribution is -2.27. The van der Waals surface area contributed by atoms with Gasteiger partial charge in [-0.05, 0) is 30.3 Å². The number of amides is 1. The molecule has 0 aromatic heterocycles. The summed E-state index contributed by atoms with van der Waals surface area (Å²) in [6.07, 6.45) is 0.599. The van der Waals surface area contributed by atoms with Crippen LogP contribution in [0.2, 0.25) is 0 Å². The summed E-state index contributed by atoms with van der Waals surface area (Å²) in [7, 11) is 0. The molecule has 2 aromatic rings. The average molecular weight is 230 g/mol. The van der Waals surface area contributed by atoms with Crippen molar-refractivity contribution in [2.75, 3.05) is 10.4 Å². The summed E-state index contributed by atoms with van der Waals surface area (Å²) in [4.78, 5) is 11.0. The second kappa shape index (κ2) is 5.12. The Morgan fingerprint density at radius 3 is 2.47 bits per heavy atom. The topological polar surface area (TPSA) is 32.3 Å². The molecule has 0 saturated heterocycles. The fourth-order valence-corrected chi connectivity index (χ4v) is 1.43. The van der Waals surface area contributed by atoms with Crippen LogP contribution in [0.25, 0.3) is 0 Å². The van der Waals surface area contributed by atoms with E-state index in [1.807, 2.05) is 30.3 Å². The van der Waals surface area contributed by atoms with Crippen LogP contribution < -0.4 is 10.4 Å². The molecule has 3 nitrogen and oxygen atoms in total. The van der Waals surface area contributed by atoms with E-state index >= 15 is 0 Å². The van der Waals surface area contributed by atoms with Gasteiger partial charge in [0.15, 0.2) is 0 Å². The molecule has 0 aliphatic rings. The maximum atomic E-state index is 13.0. The van der Waals surface area contributed by atoms with E-state index in [-0.39, 0.29) is 5.82 Å². The fraction of sp³-hybridized carbons (Fsp3) is 0. The van der Waals surface area contributed by atoms with Gasteiger partial charge in [0.2, 0.25) is 6.41 Å². The second-order valence-corrected chi connectivity index (χ2v) is 3.43. The third-order valence-electron chi connectivity index (χ3n) is 2.22. The van der Waals surface area contributed by atoms with Crippen molar-refractivity contribution in [1.82, 2.24) is 0 Å². The zero-order chi connectivity index (χ0) is 12.1. The van der Waals surface area contributed by atoms with E-state index in [2.05, 4.69) is 5.43 Å². The largest absolute Gasteiger partial charge is 0.292 e. The quantitative estimate of drug-likeness (QED) is 0.647. The summed E-state index contributed by atoms with van der Waals surface area (Å²) in [6, 6.07) is 15.0. The van der Waals surface area contributed by atoms with Gasteiger partial charge in [-0.15, -0.1) is 0 Å². The highest BCUT2D eigenvalue weighted by Crippen LogP contribution is 2.16. The SMILES string of the molecule is O=CN(Nc1ccccc1)c1cccc(F)c1. The minimum atomic E-state index is -0.385. The highest BCUT2D eigenvalue weighted by Gasteiger charge is 2.05. The zero-order valence-electron chi connectivity index (χ0n) is 9.01. The van der Waals surface area contributed by atoms with Crippen LogP contribution in [-0.2, 0) is 4.79 Å². The number of nitrogens with zero attached hydrogens (tertiary/aromatic N) is 1. The van der Waals surface area contributed by atoms with Crippen molar-refractivity contribution in [3.05, 3.63) is 60.4 Å². The summed E-state index contributed by atoms with van der Waals surface area (Å²) in [6.45, 7) is 0. The molecule has 0 atom stereocenters. The van der Waals surface area contributed by atoms with E-state index in [1.165, 1.54) is 17.1 Å². The van der Waals surface area contributed by atoms with E-state index in [4.69, 9.17) is 0 Å². The molecule has 17 heavy (non-hydrogen) atoms. The molecule has 86 valence electrons. The van der Waals surface area contributed by atoms with Crippen LogP contribution in [0.3, 0.4) is 0 Å². The predicted molar refractivity (Wildman–Crippen MR) is 65.0 cm³/mol. The van der Waals surface area contributed by atoms with Crippen LogP contribution >= 0.6 is 0 Å². The van der Waals surface area contributed by atoms with Crippen molar-refractivity contribution >= 4 is 17.8 Å². The molecule has 1 amide bonds. The van der Waals surface area contributed by atoms with Crippen LogP contribution in [0, 0.1) is 5.82 Å². The van der Waals surface area contributed by atoms with Crippen molar-refractivity contribution < 1.29 is 9.18 Å². The summed E-state index contributed by atoms with van der Waals surface area (Å²) in [5, 5.41) is 1.22. The molecule has 0 aliphatic heterocycles. The van der Waals surface area contributed by atoms with Crippen molar-refractivity contribution in [3.8, 4) is 0 Å².